The number of pyridine rings is 1. The first-order chi connectivity index (χ1) is 21.8. The lowest BCUT2D eigenvalue weighted by Crippen LogP contribution is -2.44. The monoisotopic (exact) mass is 636 g/mol. The third-order valence-electron chi connectivity index (χ3n) is 8.02. The predicted molar refractivity (Wildman–Crippen MR) is 162 cm³/mol. The van der Waals surface area contributed by atoms with E-state index in [1.165, 1.54) is 24.7 Å². The van der Waals surface area contributed by atoms with Crippen LogP contribution in [0.1, 0.15) is 41.0 Å². The number of piperidine rings is 1. The Bertz CT molecular complexity index is 1670. The average Bonchev–Trinajstić information content (AvgIpc) is 3.66. The fourth-order valence-corrected chi connectivity index (χ4v) is 5.78. The lowest BCUT2D eigenvalue weighted by atomic mass is 10.0. The third-order valence-corrected chi connectivity index (χ3v) is 8.27. The van der Waals surface area contributed by atoms with Crippen LogP contribution in [-0.2, 0) is 13.1 Å². The van der Waals surface area contributed by atoms with E-state index in [0.29, 0.717) is 59.1 Å². The van der Waals surface area contributed by atoms with Crippen molar-refractivity contribution in [3.63, 3.8) is 0 Å². The molecule has 2 aliphatic heterocycles. The summed E-state index contributed by atoms with van der Waals surface area (Å²) >= 11 is 5.95. The first kappa shape index (κ1) is 30.3. The van der Waals surface area contributed by atoms with Crippen LogP contribution in [0.15, 0.2) is 73.2 Å². The zero-order chi connectivity index (χ0) is 31.5. The summed E-state index contributed by atoms with van der Waals surface area (Å²) in [4.78, 5) is 34.2. The van der Waals surface area contributed by atoms with Crippen molar-refractivity contribution in [2.45, 2.75) is 44.6 Å². The van der Waals surface area contributed by atoms with Crippen LogP contribution in [0.3, 0.4) is 0 Å². The van der Waals surface area contributed by atoms with Crippen molar-refractivity contribution in [3.05, 3.63) is 95.0 Å². The molecule has 2 fully saturated rings. The fraction of sp³-hybridized carbons (Fsp3) is 0.312. The molecule has 0 saturated carbocycles. The maximum atomic E-state index is 13.3. The first-order valence-electron chi connectivity index (χ1n) is 14.5. The number of hydrogen-bond donors (Lipinski definition) is 1. The molecule has 45 heavy (non-hydrogen) atoms. The highest BCUT2D eigenvalue weighted by atomic mass is 35.5. The van der Waals surface area contributed by atoms with Crippen molar-refractivity contribution >= 4 is 23.5 Å². The molecule has 10 nitrogen and oxygen atoms in total. The van der Waals surface area contributed by atoms with Crippen LogP contribution >= 0.6 is 11.6 Å². The van der Waals surface area contributed by atoms with Crippen LogP contribution in [-0.4, -0.2) is 68.8 Å². The molecule has 2 aliphatic rings. The van der Waals surface area contributed by atoms with E-state index < -0.39 is 12.5 Å². The zero-order valence-corrected chi connectivity index (χ0v) is 25.2. The highest BCUT2D eigenvalue weighted by Crippen LogP contribution is 2.35. The Hall–Kier alpha value is -4.71. The van der Waals surface area contributed by atoms with Crippen molar-refractivity contribution in [3.8, 4) is 22.6 Å². The highest BCUT2D eigenvalue weighted by molar-refractivity contribution is 6.30. The maximum Gasteiger partial charge on any atom is 0.333 e. The molecular formula is C32H31ClF2N6O4. The summed E-state index contributed by atoms with van der Waals surface area (Å²) < 4.78 is 38.8. The summed E-state index contributed by atoms with van der Waals surface area (Å²) in [5, 5.41) is 7.18. The van der Waals surface area contributed by atoms with E-state index in [2.05, 4.69) is 15.4 Å². The number of methoxy groups -OCH3 is 1. The number of nitrogens with one attached hydrogen (secondary N) is 1. The molecular weight excluding hydrogens is 606 g/mol. The summed E-state index contributed by atoms with van der Waals surface area (Å²) in [6, 6.07) is 16.2. The Labute approximate surface area is 263 Å². The second kappa shape index (κ2) is 13.1. The molecule has 2 saturated heterocycles. The molecule has 0 bridgehead atoms. The summed E-state index contributed by atoms with van der Waals surface area (Å²) in [6.45, 7) is -1.01. The lowest BCUT2D eigenvalue weighted by Gasteiger charge is -2.34. The van der Waals surface area contributed by atoms with Gasteiger partial charge in [-0.05, 0) is 35.4 Å². The van der Waals surface area contributed by atoms with Crippen molar-refractivity contribution in [1.29, 1.82) is 0 Å². The van der Waals surface area contributed by atoms with E-state index >= 15 is 0 Å². The number of carbonyl (C=O) groups excluding carboxylic acids is 2. The number of hydrogen-bond acceptors (Lipinski definition) is 6. The third kappa shape index (κ3) is 6.85. The van der Waals surface area contributed by atoms with Crippen LogP contribution < -0.4 is 14.8 Å². The maximum absolute atomic E-state index is 13.3. The van der Waals surface area contributed by atoms with Gasteiger partial charge in [-0.1, -0.05) is 35.9 Å². The molecule has 234 valence electrons. The van der Waals surface area contributed by atoms with Gasteiger partial charge in [0.2, 0.25) is 0 Å². The lowest BCUT2D eigenvalue weighted by molar-refractivity contribution is 0.0566. The zero-order valence-electron chi connectivity index (χ0n) is 24.4. The topological polar surface area (TPSA) is 102 Å². The van der Waals surface area contributed by atoms with Gasteiger partial charge in [0.15, 0.2) is 0 Å². The number of amides is 3. The number of benzene rings is 2. The standard InChI is InChI=1S/C32H31ClF2N6O4/c1-44-25-8-4-21(5-9-25)17-39-19-24-12-26(10-11-40(24)32(39)43)45-29-13-28(30(42)37-14-20-2-6-23(33)7-3-20)36-16-27(29)22-15-38-41(18-22)31(34)35/h2-9,13,15-16,18,24,26,31H,10-12,14,17,19H2,1H3,(H,37,42)/t24-,26-/m0/s1. The predicted octanol–water partition coefficient (Wildman–Crippen LogP) is 5.78. The Kier molecular flexibility index (Phi) is 8.83. The summed E-state index contributed by atoms with van der Waals surface area (Å²) in [5.74, 6) is 0.659. The van der Waals surface area contributed by atoms with Gasteiger partial charge in [-0.25, -0.2) is 9.48 Å². The Morgan fingerprint density at radius 1 is 1.11 bits per heavy atom. The molecule has 3 amide bonds. The van der Waals surface area contributed by atoms with Gasteiger partial charge in [0.05, 0.1) is 19.3 Å². The van der Waals surface area contributed by atoms with Crippen molar-refractivity contribution in [1.82, 2.24) is 29.9 Å². The smallest absolute Gasteiger partial charge is 0.333 e. The number of nitrogens with zero attached hydrogens (tertiary/aromatic N) is 5. The minimum absolute atomic E-state index is 0.0158. The van der Waals surface area contributed by atoms with Gasteiger partial charge in [-0.2, -0.15) is 13.9 Å². The molecule has 13 heteroatoms. The summed E-state index contributed by atoms with van der Waals surface area (Å²) in [6.07, 6.45) is 4.81. The minimum atomic E-state index is -2.81. The Morgan fingerprint density at radius 2 is 1.87 bits per heavy atom. The molecule has 4 heterocycles. The van der Waals surface area contributed by atoms with Crippen LogP contribution in [0.4, 0.5) is 13.6 Å². The van der Waals surface area contributed by atoms with Crippen LogP contribution in [0.5, 0.6) is 11.5 Å². The molecule has 0 spiro atoms. The normalized spacial score (nSPS) is 17.8. The largest absolute Gasteiger partial charge is 0.497 e. The molecule has 2 atom stereocenters. The summed E-state index contributed by atoms with van der Waals surface area (Å²) in [5.41, 5.74) is 2.79. The number of fused-ring (bicyclic) bond motifs is 1. The number of aromatic nitrogens is 3. The number of rotatable bonds is 10. The molecule has 4 aromatic rings. The van der Waals surface area contributed by atoms with Crippen molar-refractivity contribution < 1.29 is 27.8 Å². The van der Waals surface area contributed by atoms with E-state index in [1.807, 2.05) is 46.2 Å². The van der Waals surface area contributed by atoms with E-state index in [1.54, 1.807) is 19.2 Å². The van der Waals surface area contributed by atoms with Crippen LogP contribution in [0.2, 0.25) is 5.02 Å². The fourth-order valence-electron chi connectivity index (χ4n) is 5.66. The summed E-state index contributed by atoms with van der Waals surface area (Å²) in [7, 11) is 1.61. The SMILES string of the molecule is COc1ccc(CN2C[C@@H]3C[C@@H](Oc4cc(C(=O)NCc5ccc(Cl)cc5)ncc4-c4cnn(C(F)F)c4)CCN3C2=O)cc1. The van der Waals surface area contributed by atoms with Crippen molar-refractivity contribution in [2.75, 3.05) is 20.2 Å². The van der Waals surface area contributed by atoms with E-state index in [4.69, 9.17) is 21.1 Å². The first-order valence-corrected chi connectivity index (χ1v) is 14.9. The molecule has 6 rings (SSSR count). The van der Waals surface area contributed by atoms with Gasteiger partial charge in [-0.15, -0.1) is 0 Å². The van der Waals surface area contributed by atoms with Gasteiger partial charge >= 0.3 is 12.6 Å². The van der Waals surface area contributed by atoms with E-state index in [-0.39, 0.29) is 30.4 Å². The minimum Gasteiger partial charge on any atom is -0.497 e. The van der Waals surface area contributed by atoms with Gasteiger partial charge < -0.3 is 24.6 Å². The van der Waals surface area contributed by atoms with Crippen LogP contribution in [0.25, 0.3) is 11.1 Å². The van der Waals surface area contributed by atoms with Gasteiger partial charge in [0, 0.05) is 73.6 Å². The number of carbonyl (C=O) groups is 2. The van der Waals surface area contributed by atoms with E-state index in [0.717, 1.165) is 16.9 Å². The highest BCUT2D eigenvalue weighted by Gasteiger charge is 2.41. The van der Waals surface area contributed by atoms with E-state index in [9.17, 15) is 18.4 Å². The molecule has 0 unspecified atom stereocenters. The molecule has 0 radical (unpaired) electrons. The van der Waals surface area contributed by atoms with Crippen molar-refractivity contribution in [2.24, 2.45) is 0 Å². The number of halogens is 3. The Morgan fingerprint density at radius 3 is 2.58 bits per heavy atom. The number of alkyl halides is 2. The van der Waals surface area contributed by atoms with Gasteiger partial charge in [0.25, 0.3) is 5.91 Å². The molecule has 2 aromatic carbocycles. The molecule has 2 aromatic heterocycles. The average molecular weight is 637 g/mol. The quantitative estimate of drug-likeness (QED) is 0.237. The second-order valence-corrected chi connectivity index (χ2v) is 11.4. The van der Waals surface area contributed by atoms with Gasteiger partial charge in [0.1, 0.15) is 23.3 Å². The number of ether oxygens (including phenoxy) is 2. The Balaban J connectivity index is 1.18. The number of urea groups is 1. The molecule has 0 aliphatic carbocycles. The van der Waals surface area contributed by atoms with Gasteiger partial charge in [-0.3, -0.25) is 9.78 Å². The molecule has 1 N–H and O–H groups in total. The van der Waals surface area contributed by atoms with Crippen LogP contribution in [0, 0.1) is 0 Å². The second-order valence-electron chi connectivity index (χ2n) is 11.0.